The molecule has 0 bridgehead atoms. The predicted octanol–water partition coefficient (Wildman–Crippen LogP) is 3.24. The first-order valence-electron chi connectivity index (χ1n) is 5.38. The number of aliphatic carboxylic acids is 1. The fourth-order valence-corrected chi connectivity index (χ4v) is 2.91. The maximum atomic E-state index is 10.6. The Labute approximate surface area is 116 Å². The minimum atomic E-state index is -0.900. The van der Waals surface area contributed by atoms with Crippen molar-refractivity contribution in [3.63, 3.8) is 0 Å². The molecule has 0 heterocycles. The Morgan fingerprint density at radius 1 is 1.50 bits per heavy atom. The van der Waals surface area contributed by atoms with Gasteiger partial charge in [-0.15, -0.1) is 0 Å². The van der Waals surface area contributed by atoms with Crippen molar-refractivity contribution in [2.24, 2.45) is 0 Å². The molecule has 0 radical (unpaired) electrons. The van der Waals surface area contributed by atoms with Crippen LogP contribution < -0.4 is 0 Å². The second-order valence-corrected chi connectivity index (χ2v) is 6.17. The van der Waals surface area contributed by atoms with Crippen molar-refractivity contribution in [2.45, 2.75) is 24.5 Å². The molecule has 0 amide bonds. The molecule has 1 aromatic carbocycles. The zero-order valence-corrected chi connectivity index (χ0v) is 11.6. The third-order valence-corrected chi connectivity index (χ3v) is 4.03. The first kappa shape index (κ1) is 14.7. The van der Waals surface area contributed by atoms with Gasteiger partial charge in [0.25, 0.3) is 0 Å². The lowest BCUT2D eigenvalue weighted by atomic mass is 10.1. The number of nitrogens with zero attached hydrogens (tertiary/aromatic N) is 1. The van der Waals surface area contributed by atoms with Crippen LogP contribution in [0.4, 0.5) is 0 Å². The zero-order valence-electron chi connectivity index (χ0n) is 9.92. The standard InChI is InChI=1S/C13H13NO2S2/c1-13(9-14,8-7-11(15)16)18-12(17)10-5-3-2-4-6-10/h2-6H,7-8H2,1H3,(H,15,16)/t13-/m0/s1. The molecule has 3 nitrogen and oxygen atoms in total. The number of carbonyl (C=O) groups is 1. The maximum absolute atomic E-state index is 10.6. The highest BCUT2D eigenvalue weighted by Gasteiger charge is 2.27. The smallest absolute Gasteiger partial charge is 0.303 e. The summed E-state index contributed by atoms with van der Waals surface area (Å²) in [6.45, 7) is 1.72. The summed E-state index contributed by atoms with van der Waals surface area (Å²) < 4.78 is -0.185. The van der Waals surface area contributed by atoms with Gasteiger partial charge in [0.1, 0.15) is 4.75 Å². The van der Waals surface area contributed by atoms with Gasteiger partial charge in [-0.05, 0) is 18.9 Å². The minimum Gasteiger partial charge on any atom is -0.481 e. The normalized spacial score (nSPS) is 13.3. The van der Waals surface area contributed by atoms with Crippen LogP contribution in [0.15, 0.2) is 30.3 Å². The van der Waals surface area contributed by atoms with Gasteiger partial charge in [-0.2, -0.15) is 5.26 Å². The molecule has 1 rings (SSSR count). The highest BCUT2D eigenvalue weighted by molar-refractivity contribution is 8.24. The third kappa shape index (κ3) is 4.47. The molecule has 18 heavy (non-hydrogen) atoms. The first-order chi connectivity index (χ1) is 8.47. The van der Waals surface area contributed by atoms with Crippen molar-refractivity contribution in [3.05, 3.63) is 35.9 Å². The summed E-state index contributed by atoms with van der Waals surface area (Å²) in [7, 11) is 0. The van der Waals surface area contributed by atoms with E-state index in [1.807, 2.05) is 30.3 Å². The Kier molecular flexibility index (Phi) is 5.32. The van der Waals surface area contributed by atoms with E-state index in [1.165, 1.54) is 11.8 Å². The molecule has 0 saturated heterocycles. The molecule has 1 N–H and O–H groups in total. The molecule has 1 aromatic rings. The van der Waals surface area contributed by atoms with Crippen molar-refractivity contribution in [1.29, 1.82) is 5.26 Å². The lowest BCUT2D eigenvalue weighted by Crippen LogP contribution is -2.21. The van der Waals surface area contributed by atoms with E-state index in [0.29, 0.717) is 4.20 Å². The van der Waals surface area contributed by atoms with Gasteiger partial charge in [0.15, 0.2) is 0 Å². The van der Waals surface area contributed by atoms with Crippen molar-refractivity contribution >= 4 is 34.1 Å². The molecule has 0 spiro atoms. The average molecular weight is 279 g/mol. The number of hydrogen-bond acceptors (Lipinski definition) is 4. The largest absolute Gasteiger partial charge is 0.481 e. The summed E-state index contributed by atoms with van der Waals surface area (Å²) in [5.41, 5.74) is 0.884. The van der Waals surface area contributed by atoms with Crippen LogP contribution in [0, 0.1) is 11.3 Å². The van der Waals surface area contributed by atoms with Crippen LogP contribution in [0.2, 0.25) is 0 Å². The van der Waals surface area contributed by atoms with Crippen LogP contribution in [0.5, 0.6) is 0 Å². The summed E-state index contributed by atoms with van der Waals surface area (Å²) in [4.78, 5) is 10.6. The predicted molar refractivity (Wildman–Crippen MR) is 76.6 cm³/mol. The molecule has 0 saturated carbocycles. The third-order valence-electron chi connectivity index (χ3n) is 2.38. The molecule has 0 unspecified atom stereocenters. The van der Waals surface area contributed by atoms with Gasteiger partial charge in [-0.25, -0.2) is 0 Å². The van der Waals surface area contributed by atoms with Crippen molar-refractivity contribution in [3.8, 4) is 6.07 Å². The lowest BCUT2D eigenvalue weighted by molar-refractivity contribution is -0.137. The van der Waals surface area contributed by atoms with Gasteiger partial charge >= 0.3 is 5.97 Å². The van der Waals surface area contributed by atoms with Crippen LogP contribution in [0.3, 0.4) is 0 Å². The fourth-order valence-electron chi connectivity index (χ4n) is 1.31. The molecule has 5 heteroatoms. The monoisotopic (exact) mass is 279 g/mol. The van der Waals surface area contributed by atoms with E-state index in [1.54, 1.807) is 6.92 Å². The second-order valence-electron chi connectivity index (χ2n) is 3.99. The molecule has 0 aliphatic rings. The van der Waals surface area contributed by atoms with E-state index >= 15 is 0 Å². The fraction of sp³-hybridized carbons (Fsp3) is 0.308. The number of carboxylic acids is 1. The van der Waals surface area contributed by atoms with Crippen LogP contribution >= 0.6 is 24.0 Å². The molecular weight excluding hydrogens is 266 g/mol. The SMILES string of the molecule is C[C@@](C#N)(CCC(=O)O)SC(=S)c1ccccc1. The van der Waals surface area contributed by atoms with Gasteiger partial charge in [-0.1, -0.05) is 54.3 Å². The summed E-state index contributed by atoms with van der Waals surface area (Å²) in [6, 6.07) is 11.6. The van der Waals surface area contributed by atoms with Crippen LogP contribution in [-0.4, -0.2) is 20.0 Å². The number of hydrogen-bond donors (Lipinski definition) is 1. The molecule has 0 aliphatic heterocycles. The lowest BCUT2D eigenvalue weighted by Gasteiger charge is -2.20. The van der Waals surface area contributed by atoms with Crippen LogP contribution in [0.1, 0.15) is 25.3 Å². The molecule has 1 atom stereocenters. The Morgan fingerprint density at radius 2 is 2.11 bits per heavy atom. The first-order valence-corrected chi connectivity index (χ1v) is 6.61. The minimum absolute atomic E-state index is 0.0333. The van der Waals surface area contributed by atoms with Gasteiger partial charge in [-0.3, -0.25) is 4.79 Å². The van der Waals surface area contributed by atoms with Crippen molar-refractivity contribution in [1.82, 2.24) is 0 Å². The van der Waals surface area contributed by atoms with Gasteiger partial charge < -0.3 is 5.11 Å². The number of thioether (sulfide) groups is 1. The molecular formula is C13H13NO2S2. The van der Waals surface area contributed by atoms with Crippen molar-refractivity contribution in [2.75, 3.05) is 0 Å². The quantitative estimate of drug-likeness (QED) is 0.838. The highest BCUT2D eigenvalue weighted by Crippen LogP contribution is 2.32. The van der Waals surface area contributed by atoms with Crippen LogP contribution in [0.25, 0.3) is 0 Å². The van der Waals surface area contributed by atoms with Gasteiger partial charge in [0.2, 0.25) is 0 Å². The molecule has 0 aromatic heterocycles. The average Bonchev–Trinajstić information content (AvgIpc) is 2.37. The summed E-state index contributed by atoms with van der Waals surface area (Å²) >= 11 is 6.53. The van der Waals surface area contributed by atoms with Gasteiger partial charge in [0, 0.05) is 6.42 Å². The Hall–Kier alpha value is -1.38. The molecule has 0 aliphatic carbocycles. The van der Waals surface area contributed by atoms with E-state index in [-0.39, 0.29) is 12.8 Å². The summed E-state index contributed by atoms with van der Waals surface area (Å²) in [5, 5.41) is 17.8. The van der Waals surface area contributed by atoms with Crippen molar-refractivity contribution < 1.29 is 9.90 Å². The number of nitriles is 1. The molecule has 0 fully saturated rings. The van der Waals surface area contributed by atoms with E-state index in [0.717, 1.165) is 5.56 Å². The Bertz CT molecular complexity index is 482. The van der Waals surface area contributed by atoms with E-state index < -0.39 is 10.7 Å². The summed E-state index contributed by atoms with van der Waals surface area (Å²) in [6.07, 6.45) is 0.241. The zero-order chi connectivity index (χ0) is 13.6. The second kappa shape index (κ2) is 6.53. The van der Waals surface area contributed by atoms with E-state index in [9.17, 15) is 10.1 Å². The number of thiocarbonyl (C=S) groups is 1. The Morgan fingerprint density at radius 3 is 2.61 bits per heavy atom. The summed E-state index contributed by atoms with van der Waals surface area (Å²) in [5.74, 6) is -0.900. The topological polar surface area (TPSA) is 61.1 Å². The van der Waals surface area contributed by atoms with Gasteiger partial charge in [0.05, 0.1) is 10.3 Å². The van der Waals surface area contributed by atoms with E-state index in [4.69, 9.17) is 17.3 Å². The molecule has 94 valence electrons. The number of carboxylic acid groups (broad SMARTS) is 1. The maximum Gasteiger partial charge on any atom is 0.303 e. The van der Waals surface area contributed by atoms with Crippen LogP contribution in [-0.2, 0) is 4.79 Å². The number of rotatable bonds is 5. The highest BCUT2D eigenvalue weighted by atomic mass is 32.2. The Balaban J connectivity index is 2.72. The number of benzene rings is 1. The van der Waals surface area contributed by atoms with E-state index in [2.05, 4.69) is 6.07 Å².